The Labute approximate surface area is 203 Å². The van der Waals surface area contributed by atoms with E-state index in [4.69, 9.17) is 23.2 Å². The lowest BCUT2D eigenvalue weighted by Crippen LogP contribution is -2.54. The van der Waals surface area contributed by atoms with Gasteiger partial charge in [0.25, 0.3) is 0 Å². The highest BCUT2D eigenvalue weighted by atomic mass is 35.5. The predicted octanol–water partition coefficient (Wildman–Crippen LogP) is 5.37. The second kappa shape index (κ2) is 12.5. The molecule has 1 aliphatic heterocycles. The van der Waals surface area contributed by atoms with Crippen molar-refractivity contribution in [2.45, 2.75) is 51.1 Å². The molecule has 0 saturated carbocycles. The number of piperidine rings is 1. The number of amides is 1. The number of likely N-dealkylation sites (tertiary alicyclic amines) is 1. The van der Waals surface area contributed by atoms with Crippen LogP contribution in [0.4, 0.5) is 0 Å². The maximum Gasteiger partial charge on any atom is 0.304 e. The highest BCUT2D eigenvalue weighted by Gasteiger charge is 2.47. The van der Waals surface area contributed by atoms with Crippen LogP contribution in [-0.4, -0.2) is 40.5 Å². The minimum Gasteiger partial charge on any atom is -0.481 e. The summed E-state index contributed by atoms with van der Waals surface area (Å²) in [7, 11) is 0. The number of hydrogen-bond donors (Lipinski definition) is 1. The molecule has 3 atom stereocenters. The van der Waals surface area contributed by atoms with Crippen molar-refractivity contribution in [2.24, 2.45) is 5.41 Å². The van der Waals surface area contributed by atoms with E-state index in [1.54, 1.807) is 31.2 Å². The largest absolute Gasteiger partial charge is 0.481 e. The first kappa shape index (κ1) is 26.6. The third-order valence-electron chi connectivity index (χ3n) is 5.68. The summed E-state index contributed by atoms with van der Waals surface area (Å²) in [6.07, 6.45) is 2.37. The van der Waals surface area contributed by atoms with E-state index in [1.165, 1.54) is 4.90 Å². The van der Waals surface area contributed by atoms with Gasteiger partial charge in [-0.1, -0.05) is 60.5 Å². The number of carboxylic acid groups (broad SMARTS) is 1. The molecule has 0 bridgehead atoms. The summed E-state index contributed by atoms with van der Waals surface area (Å²) in [4.78, 5) is 48.3. The number of aliphatic carboxylic acids is 1. The molecule has 33 heavy (non-hydrogen) atoms. The molecule has 0 aromatic heterocycles. The molecule has 0 radical (unpaired) electrons. The van der Waals surface area contributed by atoms with Gasteiger partial charge in [0, 0.05) is 16.5 Å². The lowest BCUT2D eigenvalue weighted by Gasteiger charge is -2.46. The average Bonchev–Trinajstić information content (AvgIpc) is 2.78. The van der Waals surface area contributed by atoms with Crippen molar-refractivity contribution in [3.63, 3.8) is 0 Å². The quantitative estimate of drug-likeness (QED) is 0.501. The van der Waals surface area contributed by atoms with Crippen LogP contribution < -0.4 is 0 Å². The van der Waals surface area contributed by atoms with Gasteiger partial charge in [0.15, 0.2) is 0 Å². The van der Waals surface area contributed by atoms with Crippen LogP contribution in [0.2, 0.25) is 10.0 Å². The molecule has 1 fully saturated rings. The third-order valence-corrected chi connectivity index (χ3v) is 6.18. The highest BCUT2D eigenvalue weighted by molar-refractivity contribution is 6.30. The minimum absolute atomic E-state index is 0.149. The van der Waals surface area contributed by atoms with Gasteiger partial charge in [-0.05, 0) is 49.1 Å². The van der Waals surface area contributed by atoms with Crippen LogP contribution in [0.3, 0.4) is 0 Å². The summed E-state index contributed by atoms with van der Waals surface area (Å²) >= 11 is 11.5. The normalized spacial score (nSPS) is 20.9. The smallest absolute Gasteiger partial charge is 0.304 e. The van der Waals surface area contributed by atoms with Crippen molar-refractivity contribution >= 4 is 47.7 Å². The minimum atomic E-state index is -1.07. The number of halogens is 2. The lowest BCUT2D eigenvalue weighted by molar-refractivity contribution is -0.160. The van der Waals surface area contributed by atoms with Crippen molar-refractivity contribution < 1.29 is 24.3 Å². The fraction of sp³-hybridized carbons (Fsp3) is 0.360. The summed E-state index contributed by atoms with van der Waals surface area (Å²) in [5.41, 5.74) is -0.241. The molecule has 2 unspecified atom stereocenters. The molecule has 1 saturated heterocycles. The van der Waals surface area contributed by atoms with Gasteiger partial charge in [0.05, 0.1) is 23.9 Å². The number of benzene rings is 2. The van der Waals surface area contributed by atoms with Crippen molar-refractivity contribution in [1.29, 1.82) is 0 Å². The van der Waals surface area contributed by atoms with Crippen LogP contribution in [0, 0.1) is 5.41 Å². The van der Waals surface area contributed by atoms with Gasteiger partial charge in [0.1, 0.15) is 12.6 Å². The predicted molar refractivity (Wildman–Crippen MR) is 127 cm³/mol. The monoisotopic (exact) mass is 491 g/mol. The Hall–Kier alpha value is -2.70. The molecule has 176 valence electrons. The maximum absolute atomic E-state index is 13.2. The SMILES string of the molecule is C[C@]1(CC(=O)O)CCC(c2ccc(Cl)cc2)N(C(C=O)CCC=O)C1=O.Clc1ccccc1. The summed E-state index contributed by atoms with van der Waals surface area (Å²) in [6.45, 7) is 1.62. The molecule has 6 nitrogen and oxygen atoms in total. The van der Waals surface area contributed by atoms with E-state index in [0.717, 1.165) is 10.6 Å². The van der Waals surface area contributed by atoms with E-state index in [-0.39, 0.29) is 31.2 Å². The summed E-state index contributed by atoms with van der Waals surface area (Å²) < 4.78 is 0. The van der Waals surface area contributed by atoms with Crippen LogP contribution in [-0.2, 0) is 19.2 Å². The number of aldehydes is 2. The fourth-order valence-corrected chi connectivity index (χ4v) is 4.24. The Bertz CT molecular complexity index is 951. The topological polar surface area (TPSA) is 91.8 Å². The molecule has 1 heterocycles. The summed E-state index contributed by atoms with van der Waals surface area (Å²) in [5.74, 6) is -1.42. The Morgan fingerprint density at radius 1 is 1.12 bits per heavy atom. The van der Waals surface area contributed by atoms with E-state index >= 15 is 0 Å². The van der Waals surface area contributed by atoms with Gasteiger partial charge in [-0.2, -0.15) is 0 Å². The number of carbonyl (C=O) groups is 4. The number of nitrogens with zero attached hydrogens (tertiary/aromatic N) is 1. The second-order valence-electron chi connectivity index (χ2n) is 8.19. The number of rotatable bonds is 8. The van der Waals surface area contributed by atoms with Crippen LogP contribution in [0.25, 0.3) is 0 Å². The van der Waals surface area contributed by atoms with E-state index in [0.29, 0.717) is 30.4 Å². The molecule has 0 aliphatic carbocycles. The van der Waals surface area contributed by atoms with Crippen LogP contribution in [0.15, 0.2) is 54.6 Å². The first-order valence-electron chi connectivity index (χ1n) is 10.6. The molecular weight excluding hydrogens is 465 g/mol. The standard InChI is InChI=1S/C19H22ClNO5.C6H5Cl/c1-19(11-17(24)25)9-8-16(13-4-6-14(20)7-5-13)21(18(19)26)15(12-23)3-2-10-22;7-6-4-2-1-3-5-6/h4-7,10,12,15-16H,2-3,8-9,11H2,1H3,(H,24,25);1-5H/t15?,16?,19-;/m1./s1. The zero-order chi connectivity index (χ0) is 24.4. The Kier molecular flexibility index (Phi) is 10.1. The second-order valence-corrected chi connectivity index (χ2v) is 9.07. The molecule has 0 spiro atoms. The maximum atomic E-state index is 13.2. The zero-order valence-corrected chi connectivity index (χ0v) is 19.8. The molecule has 2 aromatic rings. The number of carbonyl (C=O) groups excluding carboxylic acids is 3. The van der Waals surface area contributed by atoms with Gasteiger partial charge in [-0.3, -0.25) is 9.59 Å². The van der Waals surface area contributed by atoms with Gasteiger partial charge in [0.2, 0.25) is 5.91 Å². The van der Waals surface area contributed by atoms with E-state index in [9.17, 15) is 24.3 Å². The van der Waals surface area contributed by atoms with Crippen LogP contribution >= 0.6 is 23.2 Å². The number of hydrogen-bond acceptors (Lipinski definition) is 4. The Balaban J connectivity index is 0.000000468. The van der Waals surface area contributed by atoms with E-state index in [1.807, 2.05) is 30.3 Å². The van der Waals surface area contributed by atoms with Gasteiger partial charge >= 0.3 is 5.97 Å². The molecule has 1 N–H and O–H groups in total. The Morgan fingerprint density at radius 2 is 1.73 bits per heavy atom. The van der Waals surface area contributed by atoms with Crippen molar-refractivity contribution in [3.8, 4) is 0 Å². The van der Waals surface area contributed by atoms with Crippen molar-refractivity contribution in [3.05, 3.63) is 70.2 Å². The molecule has 1 aliphatic rings. The number of carboxylic acids is 1. The van der Waals surface area contributed by atoms with Crippen LogP contribution in [0.5, 0.6) is 0 Å². The third kappa shape index (κ3) is 7.41. The lowest BCUT2D eigenvalue weighted by atomic mass is 9.74. The van der Waals surface area contributed by atoms with Gasteiger partial charge in [-0.15, -0.1) is 0 Å². The zero-order valence-electron chi connectivity index (χ0n) is 18.3. The Morgan fingerprint density at radius 3 is 2.21 bits per heavy atom. The van der Waals surface area contributed by atoms with Gasteiger partial charge < -0.3 is 19.6 Å². The first-order valence-corrected chi connectivity index (χ1v) is 11.4. The van der Waals surface area contributed by atoms with E-state index < -0.39 is 17.4 Å². The summed E-state index contributed by atoms with van der Waals surface area (Å²) in [5, 5.41) is 10.5. The highest BCUT2D eigenvalue weighted by Crippen LogP contribution is 2.44. The van der Waals surface area contributed by atoms with Crippen molar-refractivity contribution in [2.75, 3.05) is 0 Å². The average molecular weight is 492 g/mol. The molecule has 1 amide bonds. The van der Waals surface area contributed by atoms with E-state index in [2.05, 4.69) is 0 Å². The van der Waals surface area contributed by atoms with Crippen LogP contribution in [0.1, 0.15) is 50.6 Å². The van der Waals surface area contributed by atoms with Gasteiger partial charge in [-0.25, -0.2) is 0 Å². The molecular formula is C25H27Cl2NO5. The van der Waals surface area contributed by atoms with Crippen molar-refractivity contribution in [1.82, 2.24) is 4.90 Å². The molecule has 3 rings (SSSR count). The fourth-order valence-electron chi connectivity index (χ4n) is 3.97. The molecule has 8 heteroatoms. The molecule has 2 aromatic carbocycles. The first-order chi connectivity index (χ1) is 15.7. The summed E-state index contributed by atoms with van der Waals surface area (Å²) in [6, 6.07) is 15.3.